The van der Waals surface area contributed by atoms with Gasteiger partial charge < -0.3 is 9.47 Å². The predicted molar refractivity (Wildman–Crippen MR) is 65.4 cm³/mol. The number of ether oxygens (including phenoxy) is 2. The maximum absolute atomic E-state index is 6.06. The lowest BCUT2D eigenvalue weighted by Crippen LogP contribution is -1.89. The first-order valence-electron chi connectivity index (χ1n) is 4.04. The molecule has 0 fully saturated rings. The van der Waals surface area contributed by atoms with Crippen LogP contribution in [-0.4, -0.2) is 19.2 Å². The summed E-state index contributed by atoms with van der Waals surface area (Å²) >= 11 is 10.8. The van der Waals surface area contributed by atoms with Crippen molar-refractivity contribution >= 4 is 49.1 Å². The molecule has 15 heavy (non-hydrogen) atoms. The molecule has 80 valence electrons. The first-order valence-corrected chi connectivity index (χ1v) is 6.02. The number of hydrogen-bond acceptors (Lipinski definition) is 4. The lowest BCUT2D eigenvalue weighted by atomic mass is 10.3. The molecule has 2 rings (SSSR count). The van der Waals surface area contributed by atoms with Crippen LogP contribution in [-0.2, 0) is 0 Å². The number of halogens is 2. The monoisotopic (exact) mass is 307 g/mol. The van der Waals surface area contributed by atoms with E-state index in [0.717, 1.165) is 14.1 Å². The van der Waals surface area contributed by atoms with Gasteiger partial charge in [-0.15, -0.1) is 11.3 Å². The number of thiazole rings is 1. The van der Waals surface area contributed by atoms with Gasteiger partial charge in [-0.2, -0.15) is 0 Å². The Bertz CT molecular complexity index is 514. The highest BCUT2D eigenvalue weighted by Gasteiger charge is 2.16. The zero-order valence-corrected chi connectivity index (χ0v) is 11.2. The van der Waals surface area contributed by atoms with E-state index in [1.165, 1.54) is 11.3 Å². The molecule has 0 radical (unpaired) electrons. The average Bonchev–Trinajstić information content (AvgIpc) is 2.58. The largest absolute Gasteiger partial charge is 0.494 e. The van der Waals surface area contributed by atoms with E-state index in [4.69, 9.17) is 21.1 Å². The smallest absolute Gasteiger partial charge is 0.160 e. The molecule has 3 nitrogen and oxygen atoms in total. The quantitative estimate of drug-likeness (QED) is 0.847. The molecule has 0 unspecified atom stereocenters. The Balaban J connectivity index is 2.85. The Morgan fingerprint density at radius 1 is 1.40 bits per heavy atom. The third kappa shape index (κ3) is 1.79. The number of benzene rings is 1. The van der Waals surface area contributed by atoms with Gasteiger partial charge in [-0.25, -0.2) is 4.98 Å². The standard InChI is InChI=1S/C9H7BrClNO2S/c1-13-5-3-4(11)7(14-2)8-6(5)12-9(10)15-8/h3H,1-2H3. The lowest BCUT2D eigenvalue weighted by molar-refractivity contribution is 0.410. The van der Waals surface area contributed by atoms with Gasteiger partial charge in [0.05, 0.1) is 19.2 Å². The highest BCUT2D eigenvalue weighted by Crippen LogP contribution is 2.43. The summed E-state index contributed by atoms with van der Waals surface area (Å²) in [5.41, 5.74) is 0.760. The third-order valence-corrected chi connectivity index (χ3v) is 3.73. The van der Waals surface area contributed by atoms with E-state index in [2.05, 4.69) is 20.9 Å². The van der Waals surface area contributed by atoms with Gasteiger partial charge in [0.1, 0.15) is 16.0 Å². The van der Waals surface area contributed by atoms with Crippen LogP contribution in [0.5, 0.6) is 11.5 Å². The van der Waals surface area contributed by atoms with Crippen LogP contribution in [0.2, 0.25) is 5.02 Å². The molecule has 0 N–H and O–H groups in total. The molecular weight excluding hydrogens is 302 g/mol. The molecule has 0 aliphatic rings. The molecule has 1 aromatic carbocycles. The Hall–Kier alpha value is -0.520. The summed E-state index contributed by atoms with van der Waals surface area (Å²) in [6.07, 6.45) is 0. The van der Waals surface area contributed by atoms with Crippen LogP contribution in [0.1, 0.15) is 0 Å². The van der Waals surface area contributed by atoms with E-state index in [1.807, 2.05) is 0 Å². The normalized spacial score (nSPS) is 10.7. The molecule has 0 saturated carbocycles. The van der Waals surface area contributed by atoms with Gasteiger partial charge in [-0.3, -0.25) is 0 Å². The van der Waals surface area contributed by atoms with Crippen LogP contribution < -0.4 is 9.47 Å². The zero-order valence-electron chi connectivity index (χ0n) is 8.01. The van der Waals surface area contributed by atoms with Crippen molar-refractivity contribution in [3.05, 3.63) is 15.0 Å². The molecule has 0 aliphatic carbocycles. The summed E-state index contributed by atoms with van der Waals surface area (Å²) in [5.74, 6) is 1.29. The third-order valence-electron chi connectivity index (χ3n) is 1.94. The number of hydrogen-bond donors (Lipinski definition) is 0. The molecule has 0 bridgehead atoms. The van der Waals surface area contributed by atoms with Crippen LogP contribution in [0.15, 0.2) is 9.98 Å². The SMILES string of the molecule is COc1cc(Cl)c(OC)c2sc(Br)nc12. The molecule has 0 atom stereocenters. The second-order valence-electron chi connectivity index (χ2n) is 2.74. The van der Waals surface area contributed by atoms with Crippen molar-refractivity contribution in [2.45, 2.75) is 0 Å². The Kier molecular flexibility index (Phi) is 3.04. The van der Waals surface area contributed by atoms with Crippen molar-refractivity contribution < 1.29 is 9.47 Å². The summed E-state index contributed by atoms with van der Waals surface area (Å²) in [6.45, 7) is 0. The predicted octanol–water partition coefficient (Wildman–Crippen LogP) is 3.73. The van der Waals surface area contributed by atoms with Gasteiger partial charge in [0, 0.05) is 6.07 Å². The number of aromatic nitrogens is 1. The maximum Gasteiger partial charge on any atom is 0.160 e. The van der Waals surface area contributed by atoms with Gasteiger partial charge in [0.15, 0.2) is 9.67 Å². The van der Waals surface area contributed by atoms with Gasteiger partial charge in [-0.05, 0) is 15.9 Å². The van der Waals surface area contributed by atoms with Crippen molar-refractivity contribution in [3.63, 3.8) is 0 Å². The fraction of sp³-hybridized carbons (Fsp3) is 0.222. The van der Waals surface area contributed by atoms with E-state index in [9.17, 15) is 0 Å². The first-order chi connectivity index (χ1) is 7.17. The summed E-state index contributed by atoms with van der Waals surface area (Å²) in [6, 6.07) is 1.70. The number of fused-ring (bicyclic) bond motifs is 1. The number of rotatable bonds is 2. The summed E-state index contributed by atoms with van der Waals surface area (Å²) in [5, 5.41) is 0.526. The minimum atomic E-state index is 0.526. The van der Waals surface area contributed by atoms with Crippen LogP contribution >= 0.6 is 38.9 Å². The van der Waals surface area contributed by atoms with Crippen molar-refractivity contribution in [1.82, 2.24) is 4.98 Å². The summed E-state index contributed by atoms with van der Waals surface area (Å²) in [7, 11) is 3.17. The summed E-state index contributed by atoms with van der Waals surface area (Å²) in [4.78, 5) is 4.31. The van der Waals surface area contributed by atoms with E-state index in [-0.39, 0.29) is 0 Å². The van der Waals surface area contributed by atoms with Crippen molar-refractivity contribution in [2.75, 3.05) is 14.2 Å². The Morgan fingerprint density at radius 3 is 2.73 bits per heavy atom. The minimum absolute atomic E-state index is 0.526. The van der Waals surface area contributed by atoms with E-state index in [0.29, 0.717) is 16.5 Å². The Morgan fingerprint density at radius 2 is 2.13 bits per heavy atom. The van der Waals surface area contributed by atoms with Gasteiger partial charge in [-0.1, -0.05) is 11.6 Å². The molecule has 0 spiro atoms. The first kappa shape index (κ1) is 11.0. The Labute approximate surface area is 104 Å². The maximum atomic E-state index is 6.06. The molecular formula is C9H7BrClNO2S. The fourth-order valence-electron chi connectivity index (χ4n) is 1.32. The zero-order chi connectivity index (χ0) is 11.0. The number of methoxy groups -OCH3 is 2. The highest BCUT2D eigenvalue weighted by molar-refractivity contribution is 9.11. The minimum Gasteiger partial charge on any atom is -0.494 e. The van der Waals surface area contributed by atoms with Crippen LogP contribution in [0.25, 0.3) is 10.2 Å². The molecule has 2 aromatic rings. The van der Waals surface area contributed by atoms with E-state index >= 15 is 0 Å². The fourth-order valence-corrected chi connectivity index (χ4v) is 3.14. The molecule has 1 aromatic heterocycles. The highest BCUT2D eigenvalue weighted by atomic mass is 79.9. The number of nitrogens with zero attached hydrogens (tertiary/aromatic N) is 1. The van der Waals surface area contributed by atoms with Crippen molar-refractivity contribution in [3.8, 4) is 11.5 Å². The molecule has 0 amide bonds. The molecule has 0 aliphatic heterocycles. The van der Waals surface area contributed by atoms with E-state index < -0.39 is 0 Å². The second-order valence-corrected chi connectivity index (χ2v) is 5.42. The van der Waals surface area contributed by atoms with Crippen molar-refractivity contribution in [1.29, 1.82) is 0 Å². The van der Waals surface area contributed by atoms with Crippen LogP contribution in [0, 0.1) is 0 Å². The van der Waals surface area contributed by atoms with Crippen molar-refractivity contribution in [2.24, 2.45) is 0 Å². The van der Waals surface area contributed by atoms with Gasteiger partial charge >= 0.3 is 0 Å². The topological polar surface area (TPSA) is 31.4 Å². The van der Waals surface area contributed by atoms with E-state index in [1.54, 1.807) is 20.3 Å². The molecule has 1 heterocycles. The lowest BCUT2D eigenvalue weighted by Gasteiger charge is -2.06. The molecule has 0 saturated heterocycles. The van der Waals surface area contributed by atoms with Gasteiger partial charge in [0.25, 0.3) is 0 Å². The summed E-state index contributed by atoms with van der Waals surface area (Å²) < 4.78 is 12.1. The van der Waals surface area contributed by atoms with Crippen LogP contribution in [0.3, 0.4) is 0 Å². The molecule has 6 heteroatoms. The second kappa shape index (κ2) is 4.15. The van der Waals surface area contributed by atoms with Gasteiger partial charge in [0.2, 0.25) is 0 Å². The van der Waals surface area contributed by atoms with Crippen LogP contribution in [0.4, 0.5) is 0 Å². The average molecular weight is 309 g/mol.